The number of oxime groups is 1. The van der Waals surface area contributed by atoms with E-state index in [0.29, 0.717) is 0 Å². The van der Waals surface area contributed by atoms with E-state index in [2.05, 4.69) is 5.16 Å². The Balaban J connectivity index is 3.13. The summed E-state index contributed by atoms with van der Waals surface area (Å²) in [6.07, 6.45) is 1.72. The van der Waals surface area contributed by atoms with Crippen molar-refractivity contribution in [2.75, 3.05) is 0 Å². The van der Waals surface area contributed by atoms with Crippen LogP contribution in [0.4, 0.5) is 3.89 Å². The van der Waals surface area contributed by atoms with E-state index < -0.39 is 19.9 Å². The average molecular weight is 328 g/mol. The van der Waals surface area contributed by atoms with E-state index >= 15 is 3.89 Å². The maximum atomic E-state index is 16.1. The van der Waals surface area contributed by atoms with Gasteiger partial charge in [-0.15, -0.1) is 0 Å². The molecule has 0 aliphatic carbocycles. The summed E-state index contributed by atoms with van der Waals surface area (Å²) in [6.45, 7) is 15.8. The van der Waals surface area contributed by atoms with Crippen LogP contribution in [0.15, 0.2) is 34.3 Å². The van der Waals surface area contributed by atoms with Gasteiger partial charge in [0.15, 0.2) is 0 Å². The van der Waals surface area contributed by atoms with Crippen LogP contribution in [0.25, 0.3) is 0 Å². The molecule has 1 rings (SSSR count). The van der Waals surface area contributed by atoms with Gasteiger partial charge in [0.2, 0.25) is 0 Å². The van der Waals surface area contributed by atoms with Gasteiger partial charge < -0.3 is 4.84 Å². The number of halogens is 1. The van der Waals surface area contributed by atoms with Gasteiger partial charge in [0.25, 0.3) is 0 Å². The van der Waals surface area contributed by atoms with Crippen LogP contribution in [0, 0.1) is 0 Å². The molecule has 0 radical (unpaired) electrons. The largest absolute Gasteiger partial charge is 0.393 e. The number of hydrogen-bond donors (Lipinski definition) is 0. The van der Waals surface area contributed by atoms with Gasteiger partial charge in [0.05, 0.1) is 6.21 Å². The monoisotopic (exact) mass is 327 g/mol. The first-order valence-corrected chi connectivity index (χ1v) is 9.24. The topological polar surface area (TPSA) is 21.6 Å². The van der Waals surface area contributed by atoms with E-state index in [9.17, 15) is 0 Å². The van der Waals surface area contributed by atoms with E-state index in [1.807, 2.05) is 79.7 Å². The average Bonchev–Trinajstić information content (AvgIpc) is 2.35. The molecule has 0 amide bonds. The van der Waals surface area contributed by atoms with Crippen LogP contribution in [0.5, 0.6) is 0 Å². The van der Waals surface area contributed by atoms with Crippen molar-refractivity contribution in [2.45, 2.75) is 75.9 Å². The fourth-order valence-corrected chi connectivity index (χ4v) is 6.34. The molecule has 0 aliphatic rings. The second-order valence-electron chi connectivity index (χ2n) is 7.72. The Bertz CT molecular complexity index is 495. The third-order valence-corrected chi connectivity index (χ3v) is 7.66. The molecule has 2 nitrogen and oxygen atoms in total. The molecule has 0 atom stereocenters. The van der Waals surface area contributed by atoms with E-state index in [4.69, 9.17) is 4.84 Å². The second kappa shape index (κ2) is 6.61. The van der Waals surface area contributed by atoms with Gasteiger partial charge in [-0.2, -0.15) is 3.89 Å². The predicted octanol–water partition coefficient (Wildman–Crippen LogP) is 6.09. The van der Waals surface area contributed by atoms with Gasteiger partial charge in [0.1, 0.15) is 6.10 Å². The van der Waals surface area contributed by atoms with Crippen LogP contribution in [0.2, 0.25) is 0 Å². The summed E-state index contributed by atoms with van der Waals surface area (Å²) in [4.78, 5) is 5.94. The first-order chi connectivity index (χ1) is 9.89. The zero-order chi connectivity index (χ0) is 17.2. The minimum Gasteiger partial charge on any atom is -0.393 e. The smallest absolute Gasteiger partial charge is 0.122 e. The van der Waals surface area contributed by atoms with Crippen LogP contribution in [0.1, 0.15) is 61.0 Å². The molecule has 0 aromatic heterocycles. The van der Waals surface area contributed by atoms with Crippen molar-refractivity contribution in [3.63, 3.8) is 0 Å². The molecule has 0 saturated carbocycles. The molecule has 0 aliphatic heterocycles. The summed E-state index contributed by atoms with van der Waals surface area (Å²) < 4.78 is 15.2. The third kappa shape index (κ3) is 4.03. The van der Waals surface area contributed by atoms with E-state index in [-0.39, 0.29) is 6.10 Å². The highest BCUT2D eigenvalue weighted by Crippen LogP contribution is 2.73. The molecule has 0 unspecified atom stereocenters. The number of benzene rings is 1. The Morgan fingerprint density at radius 3 is 1.82 bits per heavy atom. The standard InChI is InChI=1S/C18H30FNOS/c1-14(2)21-20-13-15-9-11-16(12-10-15)22(19,17(3,4)5)18(6,7)8/h9-14H,1-8H3/b20-13+. The lowest BCUT2D eigenvalue weighted by Gasteiger charge is -2.52. The highest BCUT2D eigenvalue weighted by atomic mass is 32.3. The molecule has 0 fully saturated rings. The first-order valence-electron chi connectivity index (χ1n) is 7.71. The lowest BCUT2D eigenvalue weighted by molar-refractivity contribution is 0.0874. The van der Waals surface area contributed by atoms with Crippen molar-refractivity contribution in [3.8, 4) is 0 Å². The Hall–Kier alpha value is -1.03. The molecule has 0 saturated heterocycles. The Morgan fingerprint density at radius 1 is 1.00 bits per heavy atom. The minimum absolute atomic E-state index is 0.0558. The molecule has 1 aromatic rings. The minimum atomic E-state index is -2.48. The zero-order valence-corrected chi connectivity index (χ0v) is 15.9. The molecule has 0 N–H and O–H groups in total. The Kier molecular flexibility index (Phi) is 5.71. The first kappa shape index (κ1) is 19.0. The molecule has 0 bridgehead atoms. The number of nitrogens with zero attached hydrogens (tertiary/aromatic N) is 1. The fourth-order valence-electron chi connectivity index (χ4n) is 2.58. The SMILES string of the molecule is CC(C)O/N=C/c1ccc(S(F)(C(C)(C)C)C(C)(C)C)cc1. The number of rotatable bonds is 4. The van der Waals surface area contributed by atoms with Crippen molar-refractivity contribution < 1.29 is 8.72 Å². The molecule has 4 heteroatoms. The zero-order valence-electron chi connectivity index (χ0n) is 15.1. The Labute approximate surface area is 136 Å². The molecule has 1 aromatic carbocycles. The van der Waals surface area contributed by atoms with Gasteiger partial charge in [-0.1, -0.05) is 27.7 Å². The second-order valence-corrected chi connectivity index (χ2v) is 11.7. The van der Waals surface area contributed by atoms with Crippen molar-refractivity contribution in [3.05, 3.63) is 29.8 Å². The number of hydrogen-bond acceptors (Lipinski definition) is 2. The summed E-state index contributed by atoms with van der Waals surface area (Å²) in [6, 6.07) is 7.59. The molecular weight excluding hydrogens is 297 g/mol. The van der Waals surface area contributed by atoms with Crippen LogP contribution < -0.4 is 0 Å². The normalized spacial score (nSPS) is 14.6. The fraction of sp³-hybridized carbons (Fsp3) is 0.611. The molecule has 0 spiro atoms. The Morgan fingerprint density at radius 2 is 1.45 bits per heavy atom. The van der Waals surface area contributed by atoms with Crippen molar-refractivity contribution >= 4 is 16.6 Å². The summed E-state index contributed by atoms with van der Waals surface area (Å²) in [7, 11) is -2.48. The predicted molar refractivity (Wildman–Crippen MR) is 96.7 cm³/mol. The van der Waals surface area contributed by atoms with Gasteiger partial charge in [0, 0.05) is 14.4 Å². The van der Waals surface area contributed by atoms with Gasteiger partial charge >= 0.3 is 0 Å². The van der Waals surface area contributed by atoms with Crippen LogP contribution in [-0.2, 0) is 4.84 Å². The lowest BCUT2D eigenvalue weighted by Crippen LogP contribution is -2.35. The summed E-state index contributed by atoms with van der Waals surface area (Å²) >= 11 is 0. The molecule has 126 valence electrons. The summed E-state index contributed by atoms with van der Waals surface area (Å²) in [5.41, 5.74) is 0.911. The van der Waals surface area contributed by atoms with Crippen LogP contribution >= 0.6 is 10.4 Å². The highest BCUT2D eigenvalue weighted by Gasteiger charge is 2.47. The van der Waals surface area contributed by atoms with E-state index in [0.717, 1.165) is 10.5 Å². The van der Waals surface area contributed by atoms with Gasteiger partial charge in [-0.25, -0.2) is 0 Å². The summed E-state index contributed by atoms with van der Waals surface area (Å²) in [5.74, 6) is 0. The maximum Gasteiger partial charge on any atom is 0.122 e. The molecular formula is C18H30FNOS. The molecule has 22 heavy (non-hydrogen) atoms. The van der Waals surface area contributed by atoms with Crippen molar-refractivity contribution in [1.82, 2.24) is 0 Å². The van der Waals surface area contributed by atoms with E-state index in [1.165, 1.54) is 0 Å². The van der Waals surface area contributed by atoms with Crippen molar-refractivity contribution in [1.29, 1.82) is 0 Å². The van der Waals surface area contributed by atoms with Gasteiger partial charge in [-0.05, 0) is 73.1 Å². The third-order valence-electron chi connectivity index (χ3n) is 3.37. The maximum absolute atomic E-state index is 16.1. The summed E-state index contributed by atoms with van der Waals surface area (Å²) in [5, 5.41) is 3.92. The van der Waals surface area contributed by atoms with Crippen molar-refractivity contribution in [2.24, 2.45) is 5.16 Å². The quantitative estimate of drug-likeness (QED) is 0.484. The highest BCUT2D eigenvalue weighted by molar-refractivity contribution is 8.31. The van der Waals surface area contributed by atoms with Crippen LogP contribution in [-0.4, -0.2) is 21.8 Å². The van der Waals surface area contributed by atoms with Gasteiger partial charge in [-0.3, -0.25) is 0 Å². The lowest BCUT2D eigenvalue weighted by atomic mass is 10.2. The van der Waals surface area contributed by atoms with Crippen LogP contribution in [0.3, 0.4) is 0 Å². The van der Waals surface area contributed by atoms with E-state index in [1.54, 1.807) is 6.21 Å². The molecule has 0 heterocycles.